The predicted octanol–water partition coefficient (Wildman–Crippen LogP) is -1.98. The molecule has 24 heteroatoms. The minimum Gasteiger partial charge on any atom is -0.480 e. The Labute approximate surface area is 427 Å². The summed E-state index contributed by atoms with van der Waals surface area (Å²) in [5.41, 5.74) is 17.7. The first-order chi connectivity index (χ1) is 34.0. The number of rotatable bonds is 36. The van der Waals surface area contributed by atoms with Crippen molar-refractivity contribution in [2.45, 2.75) is 166 Å². The second-order valence-electron chi connectivity index (χ2n) is 18.7. The summed E-state index contributed by atoms with van der Waals surface area (Å²) in [7, 11) is 0. The second kappa shape index (κ2) is 34.9. The normalized spacial score (nSPS) is 15.5. The van der Waals surface area contributed by atoms with Gasteiger partial charge in [0.1, 0.15) is 54.4 Å². The molecule has 8 amide bonds. The number of aliphatic hydroxyl groups is 2. The van der Waals surface area contributed by atoms with Gasteiger partial charge in [-0.2, -0.15) is 11.8 Å². The van der Waals surface area contributed by atoms with Gasteiger partial charge in [-0.05, 0) is 114 Å². The van der Waals surface area contributed by atoms with Gasteiger partial charge in [-0.25, -0.2) is 4.79 Å². The topological polar surface area (TPSA) is 389 Å². The number of nitrogens with one attached hydrogen (secondary N) is 8. The Bertz CT molecular complexity index is 1880. The van der Waals surface area contributed by atoms with Crippen LogP contribution < -0.4 is 59.7 Å². The van der Waals surface area contributed by atoms with E-state index in [9.17, 15) is 58.5 Å². The van der Waals surface area contributed by atoms with Gasteiger partial charge in [0.15, 0.2) is 0 Å². The van der Waals surface area contributed by atoms with Crippen molar-refractivity contribution in [3.05, 3.63) is 35.9 Å². The van der Waals surface area contributed by atoms with Crippen LogP contribution in [0.3, 0.4) is 0 Å². The molecule has 0 bridgehead atoms. The Morgan fingerprint density at radius 1 is 0.528 bits per heavy atom. The third-order valence-corrected chi connectivity index (χ3v) is 12.0. The highest BCUT2D eigenvalue weighted by Crippen LogP contribution is 2.12. The number of hydrogen-bond acceptors (Lipinski definition) is 15. The van der Waals surface area contributed by atoms with E-state index < -0.39 is 120 Å². The van der Waals surface area contributed by atoms with E-state index in [0.717, 1.165) is 0 Å². The highest BCUT2D eigenvalue weighted by molar-refractivity contribution is 7.98. The number of carbonyl (C=O) groups excluding carboxylic acids is 8. The van der Waals surface area contributed by atoms with Gasteiger partial charge in [0.2, 0.25) is 47.3 Å². The number of thioether (sulfide) groups is 1. The fourth-order valence-corrected chi connectivity index (χ4v) is 7.67. The zero-order chi connectivity index (χ0) is 54.5. The average molecular weight is 1040 g/mol. The maximum Gasteiger partial charge on any atom is 0.326 e. The number of carboxylic acids is 1. The van der Waals surface area contributed by atoms with Crippen LogP contribution in [0.1, 0.15) is 105 Å². The molecule has 0 heterocycles. The summed E-state index contributed by atoms with van der Waals surface area (Å²) in [4.78, 5) is 121. The number of nitrogens with two attached hydrogens (primary N) is 3. The molecule has 0 fully saturated rings. The lowest BCUT2D eigenvalue weighted by Gasteiger charge is -2.28. The zero-order valence-electron chi connectivity index (χ0n) is 42.9. The van der Waals surface area contributed by atoms with E-state index in [1.165, 1.54) is 25.6 Å². The average Bonchev–Trinajstić information content (AvgIpc) is 3.32. The van der Waals surface area contributed by atoms with Crippen molar-refractivity contribution in [2.75, 3.05) is 31.7 Å². The molecular formula is C48H83N11O12S. The van der Waals surface area contributed by atoms with Crippen LogP contribution in [0.4, 0.5) is 0 Å². The standard InChI is InChI=1S/C48H83N11O12S/c1-27(2)23-35(56-43(65)34(19-22-72-7)55-41(63)32(17-11-13-20-49)53-40(62)29(5)52-47(69)39(51)30(6)61)44(66)54-33(18-12-14-21-50)42(64)59-38(26-60)46(68)57-36(25-31-15-9-8-10-16-31)45(67)58-37(48(70)71)24-28(3)4/h8-10,15-16,27-30,32-39,60-61H,11-14,17-26,49-51H2,1-7H3,(H,52,69)(H,53,62)(H,54,66)(H,55,63)(H,56,65)(H,57,68)(H,58,67)(H,59,64)(H,70,71)/t29-,30+,32-,33-,34-,35-,36-,37-,38-,39-/m0/s1. The van der Waals surface area contributed by atoms with E-state index in [0.29, 0.717) is 43.5 Å². The molecule has 0 aromatic heterocycles. The van der Waals surface area contributed by atoms with Crippen molar-refractivity contribution in [3.8, 4) is 0 Å². The summed E-state index contributed by atoms with van der Waals surface area (Å²) in [6, 6.07) is -2.98. The smallest absolute Gasteiger partial charge is 0.326 e. The van der Waals surface area contributed by atoms with Gasteiger partial charge in [-0.15, -0.1) is 0 Å². The molecule has 0 spiro atoms. The van der Waals surface area contributed by atoms with Crippen molar-refractivity contribution in [2.24, 2.45) is 29.0 Å². The molecule has 1 aromatic rings. The third kappa shape index (κ3) is 24.8. The molecule has 0 saturated heterocycles. The predicted molar refractivity (Wildman–Crippen MR) is 273 cm³/mol. The molecule has 408 valence electrons. The largest absolute Gasteiger partial charge is 0.480 e. The van der Waals surface area contributed by atoms with E-state index in [1.807, 2.05) is 13.8 Å². The number of amides is 8. The van der Waals surface area contributed by atoms with E-state index in [1.54, 1.807) is 50.4 Å². The summed E-state index contributed by atoms with van der Waals surface area (Å²) < 4.78 is 0. The Kier molecular flexibility index (Phi) is 31.3. The molecule has 72 heavy (non-hydrogen) atoms. The molecule has 23 nitrogen and oxygen atoms in total. The Morgan fingerprint density at radius 2 is 0.931 bits per heavy atom. The summed E-state index contributed by atoms with van der Waals surface area (Å²) in [5, 5.41) is 50.5. The maximum atomic E-state index is 14.2. The van der Waals surface area contributed by atoms with Gasteiger partial charge in [-0.3, -0.25) is 38.4 Å². The van der Waals surface area contributed by atoms with Crippen LogP contribution in [-0.2, 0) is 49.6 Å². The number of aliphatic hydroxyl groups excluding tert-OH is 2. The van der Waals surface area contributed by atoms with Gasteiger partial charge in [0, 0.05) is 6.42 Å². The Morgan fingerprint density at radius 3 is 1.39 bits per heavy atom. The summed E-state index contributed by atoms with van der Waals surface area (Å²) >= 11 is 1.40. The fourth-order valence-electron chi connectivity index (χ4n) is 7.20. The number of carbonyl (C=O) groups is 9. The third-order valence-electron chi connectivity index (χ3n) is 11.4. The molecule has 0 saturated carbocycles. The summed E-state index contributed by atoms with van der Waals surface area (Å²) in [6.45, 7) is 9.54. The second-order valence-corrected chi connectivity index (χ2v) is 19.7. The monoisotopic (exact) mass is 1040 g/mol. The first-order valence-electron chi connectivity index (χ1n) is 24.6. The molecule has 0 unspecified atom stereocenters. The Hall–Kier alpha value is -5.40. The molecule has 0 aliphatic rings. The highest BCUT2D eigenvalue weighted by atomic mass is 32.2. The lowest BCUT2D eigenvalue weighted by atomic mass is 10.0. The summed E-state index contributed by atoms with van der Waals surface area (Å²) in [6.07, 6.45) is 2.75. The minimum atomic E-state index is -1.63. The van der Waals surface area contributed by atoms with E-state index in [4.69, 9.17) is 17.2 Å². The number of aliphatic carboxylic acids is 1. The van der Waals surface area contributed by atoms with Crippen molar-refractivity contribution in [3.63, 3.8) is 0 Å². The summed E-state index contributed by atoms with van der Waals surface area (Å²) in [5.74, 6) is -7.49. The molecule has 1 aromatic carbocycles. The van der Waals surface area contributed by atoms with Gasteiger partial charge in [-0.1, -0.05) is 58.0 Å². The molecular weight excluding hydrogens is 955 g/mol. The molecule has 0 aliphatic heterocycles. The van der Waals surface area contributed by atoms with E-state index in [-0.39, 0.29) is 56.9 Å². The van der Waals surface area contributed by atoms with Crippen molar-refractivity contribution in [1.82, 2.24) is 42.5 Å². The van der Waals surface area contributed by atoms with Crippen molar-refractivity contribution in [1.29, 1.82) is 0 Å². The fraction of sp³-hybridized carbons (Fsp3) is 0.688. The van der Waals surface area contributed by atoms with E-state index >= 15 is 0 Å². The molecule has 0 radical (unpaired) electrons. The maximum absolute atomic E-state index is 14.2. The van der Waals surface area contributed by atoms with Crippen molar-refractivity contribution < 1.29 is 58.5 Å². The van der Waals surface area contributed by atoms with Crippen LogP contribution >= 0.6 is 11.8 Å². The van der Waals surface area contributed by atoms with Crippen LogP contribution in [0.2, 0.25) is 0 Å². The number of hydrogen-bond donors (Lipinski definition) is 14. The van der Waals surface area contributed by atoms with Crippen LogP contribution in [0.15, 0.2) is 30.3 Å². The molecule has 17 N–H and O–H groups in total. The van der Waals surface area contributed by atoms with E-state index in [2.05, 4.69) is 42.5 Å². The lowest BCUT2D eigenvalue weighted by Crippen LogP contribution is -2.61. The molecule has 1 rings (SSSR count). The first-order valence-corrected chi connectivity index (χ1v) is 26.0. The zero-order valence-corrected chi connectivity index (χ0v) is 43.7. The van der Waals surface area contributed by atoms with Crippen molar-refractivity contribution >= 4 is 65.0 Å². The number of unbranched alkanes of at least 4 members (excludes halogenated alkanes) is 2. The number of benzene rings is 1. The number of carboxylic acid groups (broad SMARTS) is 1. The lowest BCUT2D eigenvalue weighted by molar-refractivity contribution is -0.143. The Balaban J connectivity index is 3.39. The molecule has 10 atom stereocenters. The molecule has 0 aliphatic carbocycles. The van der Waals surface area contributed by atoms with Gasteiger partial charge in [0.25, 0.3) is 0 Å². The van der Waals surface area contributed by atoms with Gasteiger partial charge >= 0.3 is 5.97 Å². The van der Waals surface area contributed by atoms with Gasteiger partial charge in [0.05, 0.1) is 12.7 Å². The van der Waals surface area contributed by atoms with Crippen LogP contribution in [0, 0.1) is 11.8 Å². The van der Waals surface area contributed by atoms with Crippen LogP contribution in [0.5, 0.6) is 0 Å². The SMILES string of the molecule is CSCC[C@H](NC(=O)[C@H](CCCCN)NC(=O)[C@H](C)NC(=O)[C@@H](N)[C@@H](C)O)C(=O)N[C@@H](CC(C)C)C(=O)N[C@@H](CCCCN)C(=O)N[C@@H](CO)C(=O)N[C@@H](Cc1ccccc1)C(=O)N[C@@H](CC(C)C)C(=O)O. The highest BCUT2D eigenvalue weighted by Gasteiger charge is 2.35. The quantitative estimate of drug-likeness (QED) is 0.0324. The minimum absolute atomic E-state index is 0.0294. The van der Waals surface area contributed by atoms with Gasteiger partial charge < -0.3 is 75.1 Å². The first kappa shape index (κ1) is 64.6. The van der Waals surface area contributed by atoms with Crippen LogP contribution in [0.25, 0.3) is 0 Å². The van der Waals surface area contributed by atoms with Crippen LogP contribution in [-0.4, -0.2) is 161 Å².